The van der Waals surface area contributed by atoms with Crippen LogP contribution in [0.15, 0.2) is 48.5 Å². The van der Waals surface area contributed by atoms with E-state index in [4.69, 9.17) is 11.6 Å². The molecular formula is C15H14ClNO. The van der Waals surface area contributed by atoms with Gasteiger partial charge in [-0.2, -0.15) is 0 Å². The van der Waals surface area contributed by atoms with E-state index in [0.717, 1.165) is 29.1 Å². The first kappa shape index (κ1) is 12.7. The van der Waals surface area contributed by atoms with Gasteiger partial charge in [0.25, 0.3) is 0 Å². The number of carbonyl (C=O) groups excluding carboxylic acids is 1. The summed E-state index contributed by atoms with van der Waals surface area (Å²) in [5.41, 5.74) is 2.79. The molecule has 2 aromatic carbocycles. The highest BCUT2D eigenvalue weighted by atomic mass is 35.5. The van der Waals surface area contributed by atoms with Crippen LogP contribution in [0.1, 0.15) is 15.9 Å². The lowest BCUT2D eigenvalue weighted by molar-refractivity contribution is 0.112. The Labute approximate surface area is 112 Å². The first-order valence-corrected chi connectivity index (χ1v) is 6.08. The molecule has 92 valence electrons. The van der Waals surface area contributed by atoms with Crippen molar-refractivity contribution in [1.82, 2.24) is 0 Å². The van der Waals surface area contributed by atoms with Crippen molar-refractivity contribution < 1.29 is 4.79 Å². The Morgan fingerprint density at radius 2 is 1.78 bits per heavy atom. The molecule has 0 radical (unpaired) electrons. The minimum absolute atomic E-state index is 0.703. The molecule has 3 heteroatoms. The lowest BCUT2D eigenvalue weighted by Gasteiger charge is -2.21. The van der Waals surface area contributed by atoms with E-state index in [9.17, 15) is 4.79 Å². The number of aldehydes is 1. The van der Waals surface area contributed by atoms with E-state index in [1.807, 2.05) is 60.5 Å². The number of hydrogen-bond donors (Lipinski definition) is 0. The summed E-state index contributed by atoms with van der Waals surface area (Å²) in [7, 11) is 1.97. The van der Waals surface area contributed by atoms with Gasteiger partial charge in [-0.25, -0.2) is 0 Å². The smallest absolute Gasteiger partial charge is 0.152 e. The predicted octanol–water partition coefficient (Wildman–Crippen LogP) is 3.79. The molecule has 0 unspecified atom stereocenters. The molecule has 0 aromatic heterocycles. The molecular weight excluding hydrogens is 246 g/mol. The number of halogens is 1. The predicted molar refractivity (Wildman–Crippen MR) is 75.4 cm³/mol. The topological polar surface area (TPSA) is 20.3 Å². The van der Waals surface area contributed by atoms with E-state index < -0.39 is 0 Å². The second-order valence-corrected chi connectivity index (χ2v) is 4.60. The van der Waals surface area contributed by atoms with Crippen molar-refractivity contribution in [3.63, 3.8) is 0 Å². The standard InChI is InChI=1S/C15H14ClNO/c1-17(10-12-6-8-14(16)9-7-12)15-5-3-2-4-13(15)11-18/h2-9,11H,10H2,1H3. The third-order valence-corrected chi connectivity index (χ3v) is 3.06. The maximum absolute atomic E-state index is 11.0. The number of para-hydroxylation sites is 1. The van der Waals surface area contributed by atoms with Gasteiger partial charge in [0.15, 0.2) is 6.29 Å². The average molecular weight is 260 g/mol. The fourth-order valence-corrected chi connectivity index (χ4v) is 2.01. The van der Waals surface area contributed by atoms with Crippen LogP contribution in [0.2, 0.25) is 5.02 Å². The first-order chi connectivity index (χ1) is 8.70. The molecule has 0 bridgehead atoms. The molecule has 2 rings (SSSR count). The number of carbonyl (C=O) groups is 1. The second-order valence-electron chi connectivity index (χ2n) is 4.16. The maximum Gasteiger partial charge on any atom is 0.152 e. The van der Waals surface area contributed by atoms with Gasteiger partial charge in [-0.1, -0.05) is 35.9 Å². The van der Waals surface area contributed by atoms with Gasteiger partial charge in [-0.15, -0.1) is 0 Å². The van der Waals surface area contributed by atoms with Gasteiger partial charge in [0, 0.05) is 29.9 Å². The van der Waals surface area contributed by atoms with E-state index in [1.165, 1.54) is 0 Å². The highest BCUT2D eigenvalue weighted by Gasteiger charge is 2.06. The Bertz CT molecular complexity index is 536. The summed E-state index contributed by atoms with van der Waals surface area (Å²) in [6.07, 6.45) is 0.883. The fraction of sp³-hybridized carbons (Fsp3) is 0.133. The van der Waals surface area contributed by atoms with E-state index in [-0.39, 0.29) is 0 Å². The zero-order valence-corrected chi connectivity index (χ0v) is 10.9. The summed E-state index contributed by atoms with van der Waals surface area (Å²) in [5, 5.41) is 0.731. The Kier molecular flexibility index (Phi) is 4.00. The molecule has 0 saturated carbocycles. The van der Waals surface area contributed by atoms with Crippen molar-refractivity contribution in [2.45, 2.75) is 6.54 Å². The second kappa shape index (κ2) is 5.69. The molecule has 0 atom stereocenters. The monoisotopic (exact) mass is 259 g/mol. The fourth-order valence-electron chi connectivity index (χ4n) is 1.88. The molecule has 0 spiro atoms. The van der Waals surface area contributed by atoms with E-state index in [2.05, 4.69) is 0 Å². The summed E-state index contributed by atoms with van der Waals surface area (Å²) in [5.74, 6) is 0. The largest absolute Gasteiger partial charge is 0.370 e. The summed E-state index contributed by atoms with van der Waals surface area (Å²) >= 11 is 5.85. The molecule has 0 aliphatic carbocycles. The lowest BCUT2D eigenvalue weighted by atomic mass is 10.1. The lowest BCUT2D eigenvalue weighted by Crippen LogP contribution is -2.17. The van der Waals surface area contributed by atoms with E-state index >= 15 is 0 Å². The first-order valence-electron chi connectivity index (χ1n) is 5.70. The summed E-state index contributed by atoms with van der Waals surface area (Å²) < 4.78 is 0. The number of benzene rings is 2. The normalized spacial score (nSPS) is 10.1. The maximum atomic E-state index is 11.0. The van der Waals surface area contributed by atoms with Crippen molar-refractivity contribution >= 4 is 23.6 Å². The molecule has 18 heavy (non-hydrogen) atoms. The van der Waals surface area contributed by atoms with Crippen molar-refractivity contribution in [3.05, 3.63) is 64.7 Å². The van der Waals surface area contributed by atoms with Crippen LogP contribution in [-0.4, -0.2) is 13.3 Å². The highest BCUT2D eigenvalue weighted by molar-refractivity contribution is 6.30. The third kappa shape index (κ3) is 2.90. The van der Waals surface area contributed by atoms with Crippen LogP contribution in [0.5, 0.6) is 0 Å². The Hall–Kier alpha value is -1.80. The van der Waals surface area contributed by atoms with Gasteiger partial charge in [0.2, 0.25) is 0 Å². The number of anilines is 1. The highest BCUT2D eigenvalue weighted by Crippen LogP contribution is 2.20. The number of nitrogens with zero attached hydrogens (tertiary/aromatic N) is 1. The molecule has 2 nitrogen and oxygen atoms in total. The number of rotatable bonds is 4. The molecule has 0 saturated heterocycles. The van der Waals surface area contributed by atoms with Gasteiger partial charge < -0.3 is 4.90 Å². The van der Waals surface area contributed by atoms with Gasteiger partial charge in [0.05, 0.1) is 0 Å². The van der Waals surface area contributed by atoms with E-state index in [1.54, 1.807) is 0 Å². The molecule has 0 N–H and O–H groups in total. The SMILES string of the molecule is CN(Cc1ccc(Cl)cc1)c1ccccc1C=O. The zero-order chi connectivity index (χ0) is 13.0. The van der Waals surface area contributed by atoms with Gasteiger partial charge >= 0.3 is 0 Å². The van der Waals surface area contributed by atoms with Crippen LogP contribution in [0.25, 0.3) is 0 Å². The molecule has 0 aliphatic heterocycles. The van der Waals surface area contributed by atoms with Crippen LogP contribution in [0.3, 0.4) is 0 Å². The van der Waals surface area contributed by atoms with Crippen LogP contribution < -0.4 is 4.90 Å². The summed E-state index contributed by atoms with van der Waals surface area (Å²) in [6, 6.07) is 15.3. The van der Waals surface area contributed by atoms with Crippen molar-refractivity contribution in [3.8, 4) is 0 Å². The molecule has 0 amide bonds. The van der Waals surface area contributed by atoms with Crippen LogP contribution in [0.4, 0.5) is 5.69 Å². The average Bonchev–Trinajstić information content (AvgIpc) is 2.41. The molecule has 2 aromatic rings. The quantitative estimate of drug-likeness (QED) is 0.779. The van der Waals surface area contributed by atoms with Crippen molar-refractivity contribution in [1.29, 1.82) is 0 Å². The minimum atomic E-state index is 0.703. The van der Waals surface area contributed by atoms with Crippen LogP contribution in [0, 0.1) is 0 Å². The van der Waals surface area contributed by atoms with Gasteiger partial charge in [0.1, 0.15) is 0 Å². The van der Waals surface area contributed by atoms with Crippen molar-refractivity contribution in [2.24, 2.45) is 0 Å². The Morgan fingerprint density at radius 1 is 1.11 bits per heavy atom. The summed E-state index contributed by atoms with van der Waals surface area (Å²) in [6.45, 7) is 0.738. The van der Waals surface area contributed by atoms with Gasteiger partial charge in [-0.05, 0) is 29.8 Å². The van der Waals surface area contributed by atoms with Crippen LogP contribution >= 0.6 is 11.6 Å². The summed E-state index contributed by atoms with van der Waals surface area (Å²) in [4.78, 5) is 13.0. The number of hydrogen-bond acceptors (Lipinski definition) is 2. The Morgan fingerprint density at radius 3 is 2.44 bits per heavy atom. The molecule has 0 fully saturated rings. The zero-order valence-electron chi connectivity index (χ0n) is 10.1. The van der Waals surface area contributed by atoms with Crippen molar-refractivity contribution in [2.75, 3.05) is 11.9 Å². The van der Waals surface area contributed by atoms with E-state index in [0.29, 0.717) is 5.56 Å². The third-order valence-electron chi connectivity index (χ3n) is 2.81. The molecule has 0 aliphatic rings. The minimum Gasteiger partial charge on any atom is -0.370 e. The van der Waals surface area contributed by atoms with Crippen LogP contribution in [-0.2, 0) is 6.54 Å². The van der Waals surface area contributed by atoms with Gasteiger partial charge in [-0.3, -0.25) is 4.79 Å². The Balaban J connectivity index is 2.19. The molecule has 0 heterocycles.